The average molecular weight is 485 g/mol. The number of fused-ring (bicyclic) bond motifs is 1. The van der Waals surface area contributed by atoms with Crippen LogP contribution in [0.25, 0.3) is 16.6 Å². The lowest BCUT2D eigenvalue weighted by atomic mass is 10.1. The van der Waals surface area contributed by atoms with Crippen LogP contribution in [0.2, 0.25) is 0 Å². The Morgan fingerprint density at radius 2 is 1.89 bits per heavy atom. The van der Waals surface area contributed by atoms with Gasteiger partial charge in [0.05, 0.1) is 40.6 Å². The standard InChI is InChI=1S/C24H17F2N9O/c1-11-31-21(29)18(8-28)22(32-11)33-20(12-2-3-12)23-34-19-13(7-27)4-14(25)6-17(19)24(36)35(23)16-5-15(26)9-30-10-16/h4-6,9-10,12,20H,2-3H2,1H3,(H3,29,31,32,33)/t20-/m0/s1. The van der Waals surface area contributed by atoms with Crippen molar-refractivity contribution in [3.8, 4) is 17.8 Å². The maximum atomic E-state index is 14.2. The van der Waals surface area contributed by atoms with Crippen LogP contribution in [-0.2, 0) is 0 Å². The van der Waals surface area contributed by atoms with Gasteiger partial charge >= 0.3 is 0 Å². The topological polar surface area (TPSA) is 159 Å². The van der Waals surface area contributed by atoms with Crippen molar-refractivity contribution in [3.63, 3.8) is 0 Å². The molecule has 0 radical (unpaired) electrons. The van der Waals surface area contributed by atoms with Gasteiger partial charge in [0, 0.05) is 6.07 Å². The van der Waals surface area contributed by atoms with E-state index in [-0.39, 0.29) is 51.1 Å². The van der Waals surface area contributed by atoms with E-state index in [1.807, 2.05) is 12.1 Å². The fraction of sp³-hybridized carbons (Fsp3) is 0.208. The number of aromatic nitrogens is 5. The van der Waals surface area contributed by atoms with Crippen LogP contribution in [-0.4, -0.2) is 24.5 Å². The minimum Gasteiger partial charge on any atom is -0.382 e. The van der Waals surface area contributed by atoms with Crippen LogP contribution in [0.4, 0.5) is 20.4 Å². The third-order valence-electron chi connectivity index (χ3n) is 5.86. The van der Waals surface area contributed by atoms with E-state index in [4.69, 9.17) is 5.73 Å². The van der Waals surface area contributed by atoms with E-state index >= 15 is 0 Å². The molecule has 0 saturated heterocycles. The first-order chi connectivity index (χ1) is 17.3. The number of nitrogens with zero attached hydrogens (tertiary/aromatic N) is 7. The molecule has 5 rings (SSSR count). The predicted octanol–water partition coefficient (Wildman–Crippen LogP) is 3.05. The molecule has 1 aromatic carbocycles. The molecule has 1 atom stereocenters. The van der Waals surface area contributed by atoms with Crippen LogP contribution < -0.4 is 16.6 Å². The SMILES string of the molecule is Cc1nc(N)c(C#N)c(N[C@H](c2nc3c(C#N)cc(F)cc3c(=O)n2-c2cncc(F)c2)C2CC2)n1. The maximum Gasteiger partial charge on any atom is 0.266 e. The molecule has 3 heterocycles. The highest BCUT2D eigenvalue weighted by Gasteiger charge is 2.37. The number of nitrogens with one attached hydrogen (secondary N) is 1. The summed E-state index contributed by atoms with van der Waals surface area (Å²) >= 11 is 0. The Bertz CT molecular complexity index is 1680. The third-order valence-corrected chi connectivity index (χ3v) is 5.86. The molecule has 36 heavy (non-hydrogen) atoms. The predicted molar refractivity (Wildman–Crippen MR) is 125 cm³/mol. The first kappa shape index (κ1) is 22.8. The Morgan fingerprint density at radius 1 is 1.11 bits per heavy atom. The normalized spacial score (nSPS) is 13.7. The highest BCUT2D eigenvalue weighted by molar-refractivity contribution is 5.84. The number of benzene rings is 1. The molecule has 1 aliphatic rings. The maximum absolute atomic E-state index is 14.2. The summed E-state index contributed by atoms with van der Waals surface area (Å²) in [6, 6.07) is 6.25. The first-order valence-corrected chi connectivity index (χ1v) is 10.9. The number of halogens is 2. The fourth-order valence-electron chi connectivity index (χ4n) is 4.12. The summed E-state index contributed by atoms with van der Waals surface area (Å²) in [5, 5.41) is 22.2. The Kier molecular flexibility index (Phi) is 5.49. The molecule has 0 unspecified atom stereocenters. The van der Waals surface area contributed by atoms with Crippen molar-refractivity contribution in [2.75, 3.05) is 11.1 Å². The van der Waals surface area contributed by atoms with Gasteiger partial charge in [-0.25, -0.2) is 23.7 Å². The summed E-state index contributed by atoms with van der Waals surface area (Å²) in [7, 11) is 0. The quantitative estimate of drug-likeness (QED) is 0.433. The number of hydrogen-bond donors (Lipinski definition) is 2. The minimum atomic E-state index is -0.780. The molecule has 10 nitrogen and oxygen atoms in total. The highest BCUT2D eigenvalue weighted by Crippen LogP contribution is 2.43. The molecule has 0 amide bonds. The van der Waals surface area contributed by atoms with Crippen molar-refractivity contribution < 1.29 is 8.78 Å². The molecule has 1 aliphatic carbocycles. The van der Waals surface area contributed by atoms with Crippen LogP contribution in [0.5, 0.6) is 0 Å². The lowest BCUT2D eigenvalue weighted by Gasteiger charge is -2.24. The number of aryl methyl sites for hydroxylation is 1. The van der Waals surface area contributed by atoms with E-state index < -0.39 is 23.2 Å². The molecular formula is C24H17F2N9O. The van der Waals surface area contributed by atoms with Crippen molar-refractivity contribution in [3.05, 3.63) is 75.4 Å². The minimum absolute atomic E-state index is 0.00542. The Morgan fingerprint density at radius 3 is 2.56 bits per heavy atom. The van der Waals surface area contributed by atoms with Crippen molar-refractivity contribution in [1.29, 1.82) is 10.5 Å². The molecule has 0 spiro atoms. The molecule has 4 aromatic rings. The number of nitriles is 2. The molecule has 0 bridgehead atoms. The Hall–Kier alpha value is -4.97. The van der Waals surface area contributed by atoms with Gasteiger partial charge in [0.1, 0.15) is 46.8 Å². The number of rotatable bonds is 5. The number of pyridine rings is 1. The van der Waals surface area contributed by atoms with E-state index in [0.29, 0.717) is 5.82 Å². The zero-order chi connectivity index (χ0) is 25.6. The van der Waals surface area contributed by atoms with Gasteiger partial charge in [-0.05, 0) is 37.8 Å². The zero-order valence-electron chi connectivity index (χ0n) is 18.8. The second-order valence-corrected chi connectivity index (χ2v) is 8.38. The van der Waals surface area contributed by atoms with E-state index in [9.17, 15) is 24.1 Å². The summed E-state index contributed by atoms with van der Waals surface area (Å²) in [4.78, 5) is 30.5. The smallest absolute Gasteiger partial charge is 0.266 e. The summed E-state index contributed by atoms with van der Waals surface area (Å²) in [6.45, 7) is 1.62. The van der Waals surface area contributed by atoms with Crippen molar-refractivity contribution >= 4 is 22.5 Å². The lowest BCUT2D eigenvalue weighted by Crippen LogP contribution is -2.30. The van der Waals surface area contributed by atoms with Crippen LogP contribution in [0.15, 0.2) is 35.4 Å². The number of anilines is 2. The molecule has 178 valence electrons. The second-order valence-electron chi connectivity index (χ2n) is 8.38. The van der Waals surface area contributed by atoms with Gasteiger partial charge in [-0.2, -0.15) is 10.5 Å². The summed E-state index contributed by atoms with van der Waals surface area (Å²) in [5.41, 5.74) is 5.19. The summed E-state index contributed by atoms with van der Waals surface area (Å²) < 4.78 is 29.5. The van der Waals surface area contributed by atoms with Gasteiger partial charge in [-0.3, -0.25) is 14.3 Å². The molecule has 3 N–H and O–H groups in total. The van der Waals surface area contributed by atoms with Crippen LogP contribution in [0, 0.1) is 47.1 Å². The second kappa shape index (κ2) is 8.67. The highest BCUT2D eigenvalue weighted by atomic mass is 19.1. The van der Waals surface area contributed by atoms with Crippen molar-refractivity contribution in [1.82, 2.24) is 24.5 Å². The van der Waals surface area contributed by atoms with Crippen molar-refractivity contribution in [2.45, 2.75) is 25.8 Å². The molecular weight excluding hydrogens is 468 g/mol. The van der Waals surface area contributed by atoms with Gasteiger partial charge in [0.15, 0.2) is 5.82 Å². The van der Waals surface area contributed by atoms with Crippen LogP contribution in [0.1, 0.15) is 41.7 Å². The van der Waals surface area contributed by atoms with Gasteiger partial charge < -0.3 is 11.1 Å². The van der Waals surface area contributed by atoms with E-state index in [0.717, 1.165) is 41.8 Å². The molecule has 12 heteroatoms. The molecule has 0 aliphatic heterocycles. The summed E-state index contributed by atoms with van der Waals surface area (Å²) in [5.74, 6) is -0.912. The molecule has 1 fully saturated rings. The van der Waals surface area contributed by atoms with Gasteiger partial charge in [-0.15, -0.1) is 0 Å². The Labute approximate surface area is 202 Å². The van der Waals surface area contributed by atoms with E-state index in [1.54, 1.807) is 6.92 Å². The van der Waals surface area contributed by atoms with Gasteiger partial charge in [0.25, 0.3) is 5.56 Å². The van der Waals surface area contributed by atoms with Crippen LogP contribution >= 0.6 is 0 Å². The van der Waals surface area contributed by atoms with Gasteiger partial charge in [-0.1, -0.05) is 0 Å². The van der Waals surface area contributed by atoms with Crippen molar-refractivity contribution in [2.24, 2.45) is 5.92 Å². The van der Waals surface area contributed by atoms with E-state index in [1.165, 1.54) is 6.20 Å². The monoisotopic (exact) mass is 485 g/mol. The largest absolute Gasteiger partial charge is 0.382 e. The zero-order valence-corrected chi connectivity index (χ0v) is 18.8. The van der Waals surface area contributed by atoms with E-state index in [2.05, 4.69) is 25.3 Å². The van der Waals surface area contributed by atoms with Crippen LogP contribution in [0.3, 0.4) is 0 Å². The molecule has 3 aromatic heterocycles. The number of hydrogen-bond acceptors (Lipinski definition) is 9. The molecule has 1 saturated carbocycles. The lowest BCUT2D eigenvalue weighted by molar-refractivity contribution is 0.598. The Balaban J connectivity index is 1.81. The summed E-state index contributed by atoms with van der Waals surface area (Å²) in [6.07, 6.45) is 3.80. The number of nitrogen functional groups attached to an aromatic ring is 1. The third kappa shape index (κ3) is 3.95. The average Bonchev–Trinajstić information content (AvgIpc) is 3.67. The van der Waals surface area contributed by atoms with Gasteiger partial charge in [0.2, 0.25) is 0 Å². The first-order valence-electron chi connectivity index (χ1n) is 10.9. The fourth-order valence-corrected chi connectivity index (χ4v) is 4.12. The number of nitrogens with two attached hydrogens (primary N) is 1.